The molecule has 1 heterocycles. The third-order valence-electron chi connectivity index (χ3n) is 3.46. The zero-order valence-corrected chi connectivity index (χ0v) is 15.2. The molecule has 1 unspecified atom stereocenters. The highest BCUT2D eigenvalue weighted by molar-refractivity contribution is 5.84. The first-order valence-corrected chi connectivity index (χ1v) is 8.10. The van der Waals surface area contributed by atoms with Gasteiger partial charge in [0.15, 0.2) is 0 Å². The lowest BCUT2D eigenvalue weighted by Gasteiger charge is -2.23. The van der Waals surface area contributed by atoms with E-state index in [-0.39, 0.29) is 19.2 Å². The molecule has 0 N–H and O–H groups in total. The summed E-state index contributed by atoms with van der Waals surface area (Å²) in [6.45, 7) is 4.73. The maximum atomic E-state index is 12.8. The number of carbonyl (C=O) groups excluding carboxylic acids is 1. The van der Waals surface area contributed by atoms with Crippen LogP contribution in [-0.4, -0.2) is 42.1 Å². The van der Waals surface area contributed by atoms with E-state index in [0.717, 1.165) is 4.90 Å². The van der Waals surface area contributed by atoms with Gasteiger partial charge in [-0.1, -0.05) is 0 Å². The fourth-order valence-corrected chi connectivity index (χ4v) is 2.24. The van der Waals surface area contributed by atoms with E-state index in [1.807, 2.05) is 0 Å². The quantitative estimate of drug-likeness (QED) is 0.674. The third-order valence-corrected chi connectivity index (χ3v) is 3.46. The third kappa shape index (κ3) is 6.03. The van der Waals surface area contributed by atoms with E-state index in [0.29, 0.717) is 12.1 Å². The van der Waals surface area contributed by atoms with Gasteiger partial charge in [0.2, 0.25) is 0 Å². The molecule has 1 aliphatic rings. The highest BCUT2D eigenvalue weighted by Crippen LogP contribution is 2.38. The minimum absolute atomic E-state index is 0.0187. The zero-order chi connectivity index (χ0) is 21.3. The summed E-state index contributed by atoms with van der Waals surface area (Å²) in [5.74, 6) is -0.590. The van der Waals surface area contributed by atoms with Gasteiger partial charge in [-0.05, 0) is 39.0 Å². The average Bonchev–Trinajstić information content (AvgIpc) is 2.98. The first-order chi connectivity index (χ1) is 12.6. The molecular formula is C17H18F6N2O3. The molecule has 1 aromatic carbocycles. The highest BCUT2D eigenvalue weighted by Gasteiger charge is 2.37. The Labute approximate surface area is 156 Å². The Bertz CT molecular complexity index is 720. The van der Waals surface area contributed by atoms with Crippen molar-refractivity contribution in [3.63, 3.8) is 0 Å². The van der Waals surface area contributed by atoms with Crippen LogP contribution in [0.4, 0.5) is 31.1 Å². The summed E-state index contributed by atoms with van der Waals surface area (Å²) in [6, 6.07) is 0.334. The van der Waals surface area contributed by atoms with Crippen LogP contribution in [0.15, 0.2) is 23.2 Å². The Hall–Kier alpha value is -2.46. The first-order valence-electron chi connectivity index (χ1n) is 8.10. The van der Waals surface area contributed by atoms with E-state index in [1.165, 1.54) is 6.34 Å². The van der Waals surface area contributed by atoms with Crippen molar-refractivity contribution in [2.24, 2.45) is 4.99 Å². The Morgan fingerprint density at radius 2 is 1.61 bits per heavy atom. The molecule has 5 nitrogen and oxygen atoms in total. The van der Waals surface area contributed by atoms with Gasteiger partial charge < -0.3 is 9.47 Å². The summed E-state index contributed by atoms with van der Waals surface area (Å²) >= 11 is 0. The standard InChI is InChI=1S/C17H18F6N2O3/c1-15(2,3)28-14(26)25-7-12(24-9-25)8-27-13-5-10(16(18,19)20)4-11(6-13)17(21,22)23/h4-6,9,12H,7-8H2,1-3H3. The number of carbonyl (C=O) groups is 1. The van der Waals surface area contributed by atoms with E-state index in [1.54, 1.807) is 20.8 Å². The largest absolute Gasteiger partial charge is 0.491 e. The minimum Gasteiger partial charge on any atom is -0.491 e. The van der Waals surface area contributed by atoms with Crippen LogP contribution >= 0.6 is 0 Å². The first kappa shape index (κ1) is 21.8. The number of rotatable bonds is 3. The maximum Gasteiger partial charge on any atom is 0.416 e. The van der Waals surface area contributed by atoms with Crippen molar-refractivity contribution in [1.82, 2.24) is 4.90 Å². The predicted molar refractivity (Wildman–Crippen MR) is 87.2 cm³/mol. The molecule has 1 aliphatic heterocycles. The summed E-state index contributed by atoms with van der Waals surface area (Å²) in [5, 5.41) is 0. The van der Waals surface area contributed by atoms with Crippen LogP contribution in [0.2, 0.25) is 0 Å². The molecule has 156 valence electrons. The molecule has 0 fully saturated rings. The van der Waals surface area contributed by atoms with Crippen LogP contribution < -0.4 is 4.74 Å². The van der Waals surface area contributed by atoms with Gasteiger partial charge in [-0.25, -0.2) is 4.79 Å². The molecule has 0 aliphatic carbocycles. The van der Waals surface area contributed by atoms with Crippen molar-refractivity contribution in [2.45, 2.75) is 44.8 Å². The summed E-state index contributed by atoms with van der Waals surface area (Å²) in [4.78, 5) is 17.0. The van der Waals surface area contributed by atoms with Crippen LogP contribution in [0.1, 0.15) is 31.9 Å². The number of ether oxygens (including phenoxy) is 2. The lowest BCUT2D eigenvalue weighted by Crippen LogP contribution is -2.37. The van der Waals surface area contributed by atoms with Gasteiger partial charge in [0.05, 0.1) is 24.0 Å². The van der Waals surface area contributed by atoms with Crippen molar-refractivity contribution in [3.8, 4) is 5.75 Å². The second kappa shape index (κ2) is 7.51. The van der Waals surface area contributed by atoms with E-state index in [4.69, 9.17) is 9.47 Å². The molecule has 11 heteroatoms. The molecule has 0 saturated heterocycles. The van der Waals surface area contributed by atoms with Crippen molar-refractivity contribution in [1.29, 1.82) is 0 Å². The van der Waals surface area contributed by atoms with Crippen molar-refractivity contribution in [3.05, 3.63) is 29.3 Å². The van der Waals surface area contributed by atoms with Gasteiger partial charge in [0, 0.05) is 0 Å². The smallest absolute Gasteiger partial charge is 0.416 e. The second-order valence-electron chi connectivity index (χ2n) is 7.10. The Kier molecular flexibility index (Phi) is 5.86. The van der Waals surface area contributed by atoms with Crippen LogP contribution in [0.3, 0.4) is 0 Å². The molecule has 1 amide bonds. The van der Waals surface area contributed by atoms with Crippen LogP contribution in [-0.2, 0) is 17.1 Å². The van der Waals surface area contributed by atoms with Gasteiger partial charge >= 0.3 is 18.4 Å². The SMILES string of the molecule is CC(C)(C)OC(=O)N1C=NC(COc2cc(C(F)(F)F)cc(C(F)(F)F)c2)C1. The number of halogens is 6. The summed E-state index contributed by atoms with van der Waals surface area (Å²) in [6.07, 6.45) is -9.40. The molecule has 1 aromatic rings. The molecule has 0 radical (unpaired) electrons. The minimum atomic E-state index is -4.96. The van der Waals surface area contributed by atoms with Gasteiger partial charge in [0.25, 0.3) is 0 Å². The van der Waals surface area contributed by atoms with Crippen LogP contribution in [0, 0.1) is 0 Å². The zero-order valence-electron chi connectivity index (χ0n) is 15.2. The number of aliphatic imine (C=N–C) groups is 1. The monoisotopic (exact) mass is 412 g/mol. The normalized spacial score (nSPS) is 17.8. The Balaban J connectivity index is 2.05. The van der Waals surface area contributed by atoms with E-state index in [2.05, 4.69) is 4.99 Å². The number of benzene rings is 1. The Morgan fingerprint density at radius 3 is 2.07 bits per heavy atom. The van der Waals surface area contributed by atoms with Gasteiger partial charge in [-0.2, -0.15) is 26.3 Å². The fourth-order valence-electron chi connectivity index (χ4n) is 2.24. The van der Waals surface area contributed by atoms with Crippen molar-refractivity contribution < 1.29 is 40.6 Å². The lowest BCUT2D eigenvalue weighted by atomic mass is 10.1. The molecule has 2 rings (SSSR count). The van der Waals surface area contributed by atoms with Crippen molar-refractivity contribution >= 4 is 12.4 Å². The lowest BCUT2D eigenvalue weighted by molar-refractivity contribution is -0.143. The van der Waals surface area contributed by atoms with Gasteiger partial charge in [-0.15, -0.1) is 0 Å². The molecule has 0 saturated carbocycles. The summed E-state index contributed by atoms with van der Waals surface area (Å²) in [5.41, 5.74) is -3.67. The topological polar surface area (TPSA) is 51.1 Å². The molecule has 0 aromatic heterocycles. The molecule has 28 heavy (non-hydrogen) atoms. The van der Waals surface area contributed by atoms with Crippen LogP contribution in [0.5, 0.6) is 5.75 Å². The maximum absolute atomic E-state index is 12.8. The molecule has 0 bridgehead atoms. The number of hydrogen-bond donors (Lipinski definition) is 0. The second-order valence-corrected chi connectivity index (χ2v) is 7.10. The summed E-state index contributed by atoms with van der Waals surface area (Å²) < 4.78 is 87.3. The van der Waals surface area contributed by atoms with Gasteiger partial charge in [-0.3, -0.25) is 9.89 Å². The van der Waals surface area contributed by atoms with Gasteiger partial charge in [0.1, 0.15) is 24.0 Å². The van der Waals surface area contributed by atoms with E-state index < -0.39 is 47.0 Å². The average molecular weight is 412 g/mol. The Morgan fingerprint density at radius 1 is 1.07 bits per heavy atom. The molecule has 0 spiro atoms. The predicted octanol–water partition coefficient (Wildman–Crippen LogP) is 4.75. The van der Waals surface area contributed by atoms with Crippen molar-refractivity contribution in [2.75, 3.05) is 13.2 Å². The number of alkyl halides is 6. The summed E-state index contributed by atoms with van der Waals surface area (Å²) in [7, 11) is 0. The van der Waals surface area contributed by atoms with E-state index in [9.17, 15) is 31.1 Å². The fraction of sp³-hybridized carbons (Fsp3) is 0.529. The highest BCUT2D eigenvalue weighted by atomic mass is 19.4. The number of nitrogens with zero attached hydrogens (tertiary/aromatic N) is 2. The van der Waals surface area contributed by atoms with Crippen LogP contribution in [0.25, 0.3) is 0 Å². The molecular weight excluding hydrogens is 394 g/mol. The number of amides is 1. The number of hydrogen-bond acceptors (Lipinski definition) is 4. The van der Waals surface area contributed by atoms with E-state index >= 15 is 0 Å². The molecule has 1 atom stereocenters.